The van der Waals surface area contributed by atoms with Crippen LogP contribution in [0.1, 0.15) is 86.5 Å². The summed E-state index contributed by atoms with van der Waals surface area (Å²) in [5.74, 6) is 0.644. The number of nitrogens with one attached hydrogen (secondary N) is 2. The first-order valence-electron chi connectivity index (χ1n) is 22.4. The molecule has 0 bridgehead atoms. The summed E-state index contributed by atoms with van der Waals surface area (Å²) >= 11 is 7.07. The third-order valence-electron chi connectivity index (χ3n) is 11.3. The summed E-state index contributed by atoms with van der Waals surface area (Å²) in [6.07, 6.45) is 8.70. The summed E-state index contributed by atoms with van der Waals surface area (Å²) in [5.41, 5.74) is 21.5. The second-order valence-corrected chi connectivity index (χ2v) is 18.2. The largest absolute Gasteiger partial charge is 0.399 e. The smallest absolute Gasteiger partial charge is 0.128 e. The van der Waals surface area contributed by atoms with Crippen LogP contribution in [-0.4, -0.2) is 32.8 Å². The fourth-order valence-corrected chi connectivity index (χ4v) is 8.41. The van der Waals surface area contributed by atoms with Crippen molar-refractivity contribution >= 4 is 66.0 Å². The minimum Gasteiger partial charge on any atom is -0.399 e. The molecule has 6 aromatic rings. The number of nitrogen functional groups attached to an aromatic ring is 2. The maximum atomic E-state index is 14.4. The van der Waals surface area contributed by atoms with Gasteiger partial charge in [-0.05, 0) is 146 Å². The molecule has 2 aliphatic rings. The normalized spacial score (nSPS) is 12.9. The van der Waals surface area contributed by atoms with E-state index in [0.717, 1.165) is 120 Å². The standard InChI is InChI=1S/C27H31BrFN3.C17H21BrN2.C9H10FN/c1-2-15-32(16-14-20-6-4-3-5-7-20)27-13-10-22(28)17-26(27)31-19-30-23-11-12-24(21-8-9-21)25(29)18-23;1-2-11-20(12-10-14-6-4-3-5-7-14)17-9-8-15(18)13-16(17)19;10-9-5-7(11)3-4-8(9)6-1-2-6/h3-7,10-13,17-18,21,30-31H,2,8-9,14-16,19H2,1H3;3-9,13H,2,10-12,19H2,1H3;3-6H,1-2,11H2. The number of halogens is 4. The third kappa shape index (κ3) is 15.0. The van der Waals surface area contributed by atoms with Gasteiger partial charge in [0.25, 0.3) is 0 Å². The highest BCUT2D eigenvalue weighted by Crippen LogP contribution is 2.42. The Kier molecular flexibility index (Phi) is 18.2. The van der Waals surface area contributed by atoms with Crippen LogP contribution >= 0.6 is 31.9 Å². The van der Waals surface area contributed by atoms with E-state index in [1.54, 1.807) is 18.2 Å². The molecule has 2 fully saturated rings. The Morgan fingerprint density at radius 3 is 1.57 bits per heavy atom. The summed E-state index contributed by atoms with van der Waals surface area (Å²) in [6.45, 7) is 8.89. The second-order valence-electron chi connectivity index (χ2n) is 16.4. The second kappa shape index (κ2) is 24.1. The number of rotatable bonds is 18. The highest BCUT2D eigenvalue weighted by Gasteiger charge is 2.27. The van der Waals surface area contributed by atoms with Gasteiger partial charge < -0.3 is 31.9 Å². The van der Waals surface area contributed by atoms with E-state index in [1.165, 1.54) is 22.9 Å². The van der Waals surface area contributed by atoms with Gasteiger partial charge in [0.2, 0.25) is 0 Å². The molecule has 0 spiro atoms. The van der Waals surface area contributed by atoms with Crippen molar-refractivity contribution in [1.82, 2.24) is 0 Å². The van der Waals surface area contributed by atoms with Gasteiger partial charge >= 0.3 is 0 Å². The Morgan fingerprint density at radius 2 is 1.06 bits per heavy atom. The van der Waals surface area contributed by atoms with Gasteiger partial charge in [-0.25, -0.2) is 8.78 Å². The first-order valence-corrected chi connectivity index (χ1v) is 23.9. The maximum absolute atomic E-state index is 14.4. The van der Waals surface area contributed by atoms with Gasteiger partial charge in [-0.3, -0.25) is 0 Å². The van der Waals surface area contributed by atoms with Gasteiger partial charge in [0.15, 0.2) is 0 Å². The minimum atomic E-state index is -0.146. The van der Waals surface area contributed by atoms with Crippen LogP contribution in [0.15, 0.2) is 142 Å². The highest BCUT2D eigenvalue weighted by molar-refractivity contribution is 9.10. The van der Waals surface area contributed by atoms with E-state index < -0.39 is 0 Å². The predicted octanol–water partition coefficient (Wildman–Crippen LogP) is 14.2. The van der Waals surface area contributed by atoms with Crippen LogP contribution < -0.4 is 31.9 Å². The lowest BCUT2D eigenvalue weighted by molar-refractivity contribution is 0.611. The SMILES string of the molecule is CCCN(CCc1ccccc1)c1ccc(Br)cc1N.CCCN(CCc1ccccc1)c1ccc(Br)cc1NCNc1ccc(C2CC2)c(F)c1.Nc1ccc(C2CC2)c(F)c1. The van der Waals surface area contributed by atoms with Gasteiger partial charge in [0, 0.05) is 46.5 Å². The summed E-state index contributed by atoms with van der Waals surface area (Å²) < 4.78 is 29.5. The van der Waals surface area contributed by atoms with Crippen molar-refractivity contribution in [3.05, 3.63) is 176 Å². The molecule has 8 rings (SSSR count). The van der Waals surface area contributed by atoms with E-state index in [9.17, 15) is 8.78 Å². The van der Waals surface area contributed by atoms with Gasteiger partial charge in [0.1, 0.15) is 11.6 Å². The first kappa shape index (κ1) is 47.4. The Bertz CT molecular complexity index is 2320. The average Bonchev–Trinajstić information content (AvgIpc) is 4.22. The van der Waals surface area contributed by atoms with Crippen LogP contribution in [0.4, 0.5) is 42.9 Å². The molecule has 2 aliphatic carbocycles. The van der Waals surface area contributed by atoms with Crippen molar-refractivity contribution in [2.75, 3.05) is 64.7 Å². The lowest BCUT2D eigenvalue weighted by atomic mass is 10.1. The highest BCUT2D eigenvalue weighted by atomic mass is 79.9. The van der Waals surface area contributed by atoms with Crippen LogP contribution in [0.3, 0.4) is 0 Å². The zero-order valence-corrected chi connectivity index (χ0v) is 39.8. The molecule has 332 valence electrons. The van der Waals surface area contributed by atoms with Crippen molar-refractivity contribution in [3.8, 4) is 0 Å². The Morgan fingerprint density at radius 1 is 0.556 bits per heavy atom. The number of benzene rings is 6. The molecule has 6 aromatic carbocycles. The zero-order chi connectivity index (χ0) is 44.6. The van der Waals surface area contributed by atoms with E-state index in [2.05, 4.69) is 157 Å². The molecule has 0 saturated heterocycles. The van der Waals surface area contributed by atoms with Crippen LogP contribution in [0.2, 0.25) is 0 Å². The Hall–Kier alpha value is -5.06. The molecule has 0 radical (unpaired) electrons. The van der Waals surface area contributed by atoms with Crippen molar-refractivity contribution < 1.29 is 8.78 Å². The molecule has 6 N–H and O–H groups in total. The maximum Gasteiger partial charge on any atom is 0.128 e. The topological polar surface area (TPSA) is 82.6 Å². The molecular weight excluding hydrogens is 918 g/mol. The number of hydrogen-bond acceptors (Lipinski definition) is 6. The van der Waals surface area contributed by atoms with Gasteiger partial charge in [-0.2, -0.15) is 0 Å². The summed E-state index contributed by atoms with van der Waals surface area (Å²) in [5, 5.41) is 6.81. The van der Waals surface area contributed by atoms with Gasteiger partial charge in [0.05, 0.1) is 29.4 Å². The number of anilines is 6. The fraction of sp³-hybridized carbons (Fsp3) is 0.321. The molecule has 0 aromatic heterocycles. The van der Waals surface area contributed by atoms with Crippen molar-refractivity contribution in [3.63, 3.8) is 0 Å². The molecule has 0 aliphatic heterocycles. The van der Waals surface area contributed by atoms with E-state index in [4.69, 9.17) is 11.5 Å². The molecule has 63 heavy (non-hydrogen) atoms. The Balaban J connectivity index is 0.000000180. The summed E-state index contributed by atoms with van der Waals surface area (Å²) in [6, 6.07) is 44.1. The predicted molar refractivity (Wildman–Crippen MR) is 271 cm³/mol. The molecule has 0 amide bonds. The molecule has 0 heterocycles. The molecule has 2 saturated carbocycles. The molecule has 0 atom stereocenters. The van der Waals surface area contributed by atoms with Crippen LogP contribution in [0, 0.1) is 11.6 Å². The summed E-state index contributed by atoms with van der Waals surface area (Å²) in [4.78, 5) is 4.81. The monoisotopic (exact) mass is 978 g/mol. The average molecular weight is 981 g/mol. The third-order valence-corrected chi connectivity index (χ3v) is 12.3. The van der Waals surface area contributed by atoms with Gasteiger partial charge in [-0.1, -0.05) is 119 Å². The molecule has 0 unspecified atom stereocenters. The van der Waals surface area contributed by atoms with Crippen LogP contribution in [-0.2, 0) is 12.8 Å². The van der Waals surface area contributed by atoms with E-state index in [0.29, 0.717) is 24.2 Å². The number of hydrogen-bond donors (Lipinski definition) is 4. The lowest BCUT2D eigenvalue weighted by Gasteiger charge is -2.27. The van der Waals surface area contributed by atoms with Crippen molar-refractivity contribution in [2.24, 2.45) is 0 Å². The summed E-state index contributed by atoms with van der Waals surface area (Å²) in [7, 11) is 0. The Labute approximate surface area is 390 Å². The van der Waals surface area contributed by atoms with Crippen LogP contribution in [0.25, 0.3) is 0 Å². The molecular formula is C53H62Br2F2N6. The zero-order valence-electron chi connectivity index (χ0n) is 36.6. The molecule has 6 nitrogen and oxygen atoms in total. The first-order chi connectivity index (χ1) is 30.6. The minimum absolute atomic E-state index is 0.101. The van der Waals surface area contributed by atoms with E-state index in [-0.39, 0.29) is 11.6 Å². The fourth-order valence-electron chi connectivity index (χ4n) is 7.67. The van der Waals surface area contributed by atoms with Crippen molar-refractivity contribution in [1.29, 1.82) is 0 Å². The van der Waals surface area contributed by atoms with Crippen LogP contribution in [0.5, 0.6) is 0 Å². The van der Waals surface area contributed by atoms with Crippen molar-refractivity contribution in [2.45, 2.75) is 77.0 Å². The van der Waals surface area contributed by atoms with Gasteiger partial charge in [-0.15, -0.1) is 0 Å². The number of nitrogens with zero attached hydrogens (tertiary/aromatic N) is 2. The van der Waals surface area contributed by atoms with E-state index >= 15 is 0 Å². The lowest BCUT2D eigenvalue weighted by Crippen LogP contribution is -2.28. The number of nitrogens with two attached hydrogens (primary N) is 2. The van der Waals surface area contributed by atoms with E-state index in [1.807, 2.05) is 18.2 Å². The molecule has 10 heteroatoms. The quantitative estimate of drug-likeness (QED) is 0.0507.